The smallest absolute Gasteiger partial charge is 0.313 e. The van der Waals surface area contributed by atoms with Gasteiger partial charge in [-0.1, -0.05) is 54.1 Å². The van der Waals surface area contributed by atoms with Gasteiger partial charge in [0.25, 0.3) is 0 Å². The molecule has 0 amide bonds. The van der Waals surface area contributed by atoms with Gasteiger partial charge in [-0.05, 0) is 29.7 Å². The number of carbonyl (C=O) groups excluding carboxylic acids is 1. The van der Waals surface area contributed by atoms with Gasteiger partial charge >= 0.3 is 5.97 Å². The summed E-state index contributed by atoms with van der Waals surface area (Å²) in [5.41, 5.74) is 2.02. The lowest BCUT2D eigenvalue weighted by Gasteiger charge is -2.15. The third-order valence-corrected chi connectivity index (χ3v) is 3.29. The second-order valence-corrected chi connectivity index (χ2v) is 4.75. The zero-order chi connectivity index (χ0) is 13.7. The van der Waals surface area contributed by atoms with E-state index in [9.17, 15) is 4.79 Å². The predicted octanol–water partition coefficient (Wildman–Crippen LogP) is 3.84. The number of hydrogen-bond donors (Lipinski definition) is 0. The fourth-order valence-electron chi connectivity index (χ4n) is 2.02. The molecule has 0 aliphatic carbocycles. The molecule has 0 N–H and O–H groups in total. The lowest BCUT2D eigenvalue weighted by Crippen LogP contribution is -2.16. The summed E-state index contributed by atoms with van der Waals surface area (Å²) < 4.78 is 4.90. The van der Waals surface area contributed by atoms with Crippen LogP contribution in [0.5, 0.6) is 0 Å². The first-order valence-corrected chi connectivity index (χ1v) is 6.45. The van der Waals surface area contributed by atoms with Crippen molar-refractivity contribution in [2.45, 2.75) is 12.3 Å². The Kier molecular flexibility index (Phi) is 4.58. The summed E-state index contributed by atoms with van der Waals surface area (Å²) >= 11 is 5.86. The van der Waals surface area contributed by atoms with Gasteiger partial charge in [0.1, 0.15) is 0 Å². The Morgan fingerprint density at radius 3 is 2.32 bits per heavy atom. The van der Waals surface area contributed by atoms with Gasteiger partial charge in [-0.25, -0.2) is 0 Å². The Hall–Kier alpha value is -1.80. The van der Waals surface area contributed by atoms with Crippen LogP contribution in [0.25, 0.3) is 0 Å². The van der Waals surface area contributed by atoms with Crippen molar-refractivity contribution in [1.82, 2.24) is 0 Å². The minimum Gasteiger partial charge on any atom is -0.469 e. The van der Waals surface area contributed by atoms with Gasteiger partial charge in [0.15, 0.2) is 0 Å². The van der Waals surface area contributed by atoms with E-state index in [1.54, 1.807) is 0 Å². The molecule has 2 aromatic carbocycles. The van der Waals surface area contributed by atoms with Crippen LogP contribution in [0.15, 0.2) is 54.6 Å². The Morgan fingerprint density at radius 1 is 1.11 bits per heavy atom. The van der Waals surface area contributed by atoms with Gasteiger partial charge in [-0.15, -0.1) is 0 Å². The molecule has 0 bridgehead atoms. The maximum Gasteiger partial charge on any atom is 0.313 e. The number of rotatable bonds is 4. The van der Waals surface area contributed by atoms with E-state index in [1.807, 2.05) is 54.6 Å². The molecule has 2 rings (SSSR count). The van der Waals surface area contributed by atoms with Gasteiger partial charge in [0.2, 0.25) is 0 Å². The van der Waals surface area contributed by atoms with E-state index in [0.717, 1.165) is 11.1 Å². The second-order valence-electron chi connectivity index (χ2n) is 4.32. The average Bonchev–Trinajstić information content (AvgIpc) is 2.47. The van der Waals surface area contributed by atoms with E-state index in [4.69, 9.17) is 16.3 Å². The quantitative estimate of drug-likeness (QED) is 0.792. The van der Waals surface area contributed by atoms with E-state index < -0.39 is 0 Å². The molecule has 2 nitrogen and oxygen atoms in total. The molecule has 0 aromatic heterocycles. The molecule has 0 aliphatic heterocycles. The van der Waals surface area contributed by atoms with Crippen LogP contribution in [0.3, 0.4) is 0 Å². The molecule has 0 spiro atoms. The third kappa shape index (κ3) is 3.58. The molecule has 0 unspecified atom stereocenters. The van der Waals surface area contributed by atoms with Crippen LogP contribution >= 0.6 is 11.6 Å². The van der Waals surface area contributed by atoms with Crippen molar-refractivity contribution in [3.8, 4) is 0 Å². The van der Waals surface area contributed by atoms with Crippen LogP contribution in [0.1, 0.15) is 17.0 Å². The Balaban J connectivity index is 2.24. The van der Waals surface area contributed by atoms with Crippen LogP contribution in [-0.4, -0.2) is 13.1 Å². The molecule has 0 heterocycles. The van der Waals surface area contributed by atoms with Crippen molar-refractivity contribution in [3.05, 3.63) is 70.7 Å². The summed E-state index contributed by atoms with van der Waals surface area (Å²) in [5.74, 6) is -0.506. The summed E-state index contributed by atoms with van der Waals surface area (Å²) in [6.45, 7) is 0. The van der Waals surface area contributed by atoms with Gasteiger partial charge in [0.05, 0.1) is 13.0 Å². The minimum absolute atomic E-state index is 0.221. The Labute approximate surface area is 118 Å². The molecule has 0 fully saturated rings. The van der Waals surface area contributed by atoms with Crippen LogP contribution < -0.4 is 0 Å². The molecular weight excluding hydrogens is 260 g/mol. The van der Waals surface area contributed by atoms with Crippen molar-refractivity contribution in [3.63, 3.8) is 0 Å². The van der Waals surface area contributed by atoms with Gasteiger partial charge in [-0.3, -0.25) is 4.79 Å². The van der Waals surface area contributed by atoms with Crippen molar-refractivity contribution in [2.24, 2.45) is 0 Å². The topological polar surface area (TPSA) is 26.3 Å². The molecular formula is C16H15ClO2. The van der Waals surface area contributed by atoms with Crippen LogP contribution in [-0.2, 0) is 16.0 Å². The SMILES string of the molecule is COC(=O)[C@H](Cc1ccc(Cl)cc1)c1ccccc1. The number of carbonyl (C=O) groups is 1. The highest BCUT2D eigenvalue weighted by Crippen LogP contribution is 2.23. The van der Waals surface area contributed by atoms with Crippen molar-refractivity contribution in [1.29, 1.82) is 0 Å². The van der Waals surface area contributed by atoms with Crippen LogP contribution in [0.4, 0.5) is 0 Å². The van der Waals surface area contributed by atoms with Gasteiger partial charge in [-0.2, -0.15) is 0 Å². The molecule has 3 heteroatoms. The summed E-state index contributed by atoms with van der Waals surface area (Å²) in [6.07, 6.45) is 0.605. The van der Waals surface area contributed by atoms with Crippen molar-refractivity contribution < 1.29 is 9.53 Å². The summed E-state index contributed by atoms with van der Waals surface area (Å²) in [6, 6.07) is 17.2. The van der Waals surface area contributed by atoms with Crippen molar-refractivity contribution in [2.75, 3.05) is 7.11 Å². The average molecular weight is 275 g/mol. The summed E-state index contributed by atoms with van der Waals surface area (Å²) in [5, 5.41) is 0.693. The number of methoxy groups -OCH3 is 1. The van der Waals surface area contributed by atoms with Crippen molar-refractivity contribution >= 4 is 17.6 Å². The van der Waals surface area contributed by atoms with E-state index in [-0.39, 0.29) is 11.9 Å². The molecule has 0 saturated heterocycles. The fraction of sp³-hybridized carbons (Fsp3) is 0.188. The lowest BCUT2D eigenvalue weighted by atomic mass is 9.92. The van der Waals surface area contributed by atoms with E-state index in [2.05, 4.69) is 0 Å². The largest absolute Gasteiger partial charge is 0.469 e. The normalized spacial score (nSPS) is 11.9. The molecule has 0 radical (unpaired) electrons. The first kappa shape index (κ1) is 13.6. The fourth-order valence-corrected chi connectivity index (χ4v) is 2.15. The summed E-state index contributed by atoms with van der Waals surface area (Å²) in [7, 11) is 1.42. The molecule has 98 valence electrons. The first-order valence-electron chi connectivity index (χ1n) is 6.08. The maximum atomic E-state index is 11.9. The third-order valence-electron chi connectivity index (χ3n) is 3.04. The molecule has 0 saturated carbocycles. The Bertz CT molecular complexity index is 534. The molecule has 2 aromatic rings. The maximum absolute atomic E-state index is 11.9. The highest BCUT2D eigenvalue weighted by molar-refractivity contribution is 6.30. The van der Waals surface area contributed by atoms with Gasteiger partial charge < -0.3 is 4.74 Å². The predicted molar refractivity (Wildman–Crippen MR) is 76.4 cm³/mol. The molecule has 19 heavy (non-hydrogen) atoms. The van der Waals surface area contributed by atoms with E-state index in [1.165, 1.54) is 7.11 Å². The lowest BCUT2D eigenvalue weighted by molar-refractivity contribution is -0.142. The number of benzene rings is 2. The van der Waals surface area contributed by atoms with Crippen LogP contribution in [0.2, 0.25) is 5.02 Å². The zero-order valence-electron chi connectivity index (χ0n) is 10.7. The summed E-state index contributed by atoms with van der Waals surface area (Å²) in [4.78, 5) is 11.9. The zero-order valence-corrected chi connectivity index (χ0v) is 11.4. The highest BCUT2D eigenvalue weighted by atomic mass is 35.5. The van der Waals surface area contributed by atoms with E-state index in [0.29, 0.717) is 11.4 Å². The highest BCUT2D eigenvalue weighted by Gasteiger charge is 2.21. The Morgan fingerprint density at radius 2 is 1.74 bits per heavy atom. The van der Waals surface area contributed by atoms with Crippen LogP contribution in [0, 0.1) is 0 Å². The number of halogens is 1. The first-order chi connectivity index (χ1) is 9.20. The number of esters is 1. The number of hydrogen-bond acceptors (Lipinski definition) is 2. The van der Waals surface area contributed by atoms with Gasteiger partial charge in [0, 0.05) is 5.02 Å². The van der Waals surface area contributed by atoms with E-state index >= 15 is 0 Å². The monoisotopic (exact) mass is 274 g/mol. The minimum atomic E-state index is -0.285. The standard InChI is InChI=1S/C16H15ClO2/c1-19-16(18)15(13-5-3-2-4-6-13)11-12-7-9-14(17)10-8-12/h2-10,15H,11H2,1H3/t15-/m1/s1. The second kappa shape index (κ2) is 6.39. The molecule has 0 aliphatic rings. The number of ether oxygens (including phenoxy) is 1. The molecule has 1 atom stereocenters.